The van der Waals surface area contributed by atoms with Gasteiger partial charge in [0.25, 0.3) is 0 Å². The van der Waals surface area contributed by atoms with Crippen LogP contribution >= 0.6 is 11.3 Å². The molecule has 0 unspecified atom stereocenters. The van der Waals surface area contributed by atoms with Crippen LogP contribution in [-0.2, 0) is 5.41 Å². The monoisotopic (exact) mass is 257 g/mol. The predicted octanol–water partition coefficient (Wildman–Crippen LogP) is 2.85. The number of hydrogen-bond acceptors (Lipinski definition) is 3. The Balaban J connectivity index is 1.95. The standard InChI is InChI=1S/C14H15N3S/c1-9-7-17-11-3-2-10(14(8-15)4-5-14)6-12(11)18-13(17)16-9/h2-3,6-7H,4-5,8,15H2,1H3. The van der Waals surface area contributed by atoms with Crippen LogP contribution in [0.1, 0.15) is 24.1 Å². The van der Waals surface area contributed by atoms with Gasteiger partial charge in [0.05, 0.1) is 15.9 Å². The topological polar surface area (TPSA) is 43.3 Å². The van der Waals surface area contributed by atoms with Gasteiger partial charge in [-0.15, -0.1) is 0 Å². The number of imidazole rings is 1. The van der Waals surface area contributed by atoms with E-state index in [1.165, 1.54) is 28.6 Å². The summed E-state index contributed by atoms with van der Waals surface area (Å²) in [7, 11) is 0. The molecule has 1 aromatic carbocycles. The molecule has 0 amide bonds. The van der Waals surface area contributed by atoms with Crippen molar-refractivity contribution in [1.82, 2.24) is 9.38 Å². The number of nitrogens with zero attached hydrogens (tertiary/aromatic N) is 2. The number of thiazole rings is 1. The summed E-state index contributed by atoms with van der Waals surface area (Å²) in [6, 6.07) is 6.76. The fourth-order valence-electron chi connectivity index (χ4n) is 2.70. The highest BCUT2D eigenvalue weighted by Gasteiger charge is 2.42. The maximum Gasteiger partial charge on any atom is 0.194 e. The molecule has 1 aliphatic carbocycles. The zero-order valence-electron chi connectivity index (χ0n) is 10.3. The largest absolute Gasteiger partial charge is 0.330 e. The van der Waals surface area contributed by atoms with E-state index in [2.05, 4.69) is 33.8 Å². The van der Waals surface area contributed by atoms with Crippen molar-refractivity contribution >= 4 is 26.5 Å². The van der Waals surface area contributed by atoms with Gasteiger partial charge in [0, 0.05) is 18.2 Å². The quantitative estimate of drug-likeness (QED) is 0.767. The van der Waals surface area contributed by atoms with Gasteiger partial charge in [-0.1, -0.05) is 17.4 Å². The third kappa shape index (κ3) is 1.30. The number of hydrogen-bond donors (Lipinski definition) is 1. The first-order chi connectivity index (χ1) is 8.72. The molecular formula is C14H15N3S. The van der Waals surface area contributed by atoms with Crippen molar-refractivity contribution in [1.29, 1.82) is 0 Å². The van der Waals surface area contributed by atoms with E-state index in [-0.39, 0.29) is 5.41 Å². The second-order valence-corrected chi connectivity index (χ2v) is 6.31. The Hall–Kier alpha value is -1.39. The van der Waals surface area contributed by atoms with Crippen LogP contribution in [0, 0.1) is 6.92 Å². The van der Waals surface area contributed by atoms with E-state index in [1.807, 2.05) is 6.92 Å². The Bertz CT molecular complexity index is 749. The van der Waals surface area contributed by atoms with Gasteiger partial charge in [0.15, 0.2) is 4.96 Å². The van der Waals surface area contributed by atoms with Crippen molar-refractivity contribution in [3.8, 4) is 0 Å². The van der Waals surface area contributed by atoms with Crippen molar-refractivity contribution in [2.45, 2.75) is 25.2 Å². The molecule has 3 nitrogen and oxygen atoms in total. The average molecular weight is 257 g/mol. The number of aryl methyl sites for hydroxylation is 1. The van der Waals surface area contributed by atoms with Crippen molar-refractivity contribution in [3.63, 3.8) is 0 Å². The number of aromatic nitrogens is 2. The summed E-state index contributed by atoms with van der Waals surface area (Å²) in [5.74, 6) is 0. The van der Waals surface area contributed by atoms with Crippen molar-refractivity contribution < 1.29 is 0 Å². The molecule has 3 aromatic rings. The van der Waals surface area contributed by atoms with Gasteiger partial charge >= 0.3 is 0 Å². The van der Waals surface area contributed by atoms with Crippen LogP contribution in [0.2, 0.25) is 0 Å². The summed E-state index contributed by atoms with van der Waals surface area (Å²) in [6.07, 6.45) is 4.57. The van der Waals surface area contributed by atoms with Crippen LogP contribution in [0.15, 0.2) is 24.4 Å². The molecule has 4 heteroatoms. The van der Waals surface area contributed by atoms with Gasteiger partial charge < -0.3 is 5.73 Å². The van der Waals surface area contributed by atoms with Crippen LogP contribution in [0.4, 0.5) is 0 Å². The van der Waals surface area contributed by atoms with E-state index in [1.54, 1.807) is 11.3 Å². The minimum Gasteiger partial charge on any atom is -0.330 e. The van der Waals surface area contributed by atoms with Crippen LogP contribution < -0.4 is 5.73 Å². The molecule has 2 aromatic heterocycles. The molecule has 0 radical (unpaired) electrons. The molecular weight excluding hydrogens is 242 g/mol. The van der Waals surface area contributed by atoms with E-state index >= 15 is 0 Å². The lowest BCUT2D eigenvalue weighted by Gasteiger charge is -2.12. The molecule has 0 aliphatic heterocycles. The molecule has 0 spiro atoms. The normalized spacial score (nSPS) is 17.7. The maximum absolute atomic E-state index is 5.91. The summed E-state index contributed by atoms with van der Waals surface area (Å²) in [5.41, 5.74) is 9.91. The summed E-state index contributed by atoms with van der Waals surface area (Å²) in [6.45, 7) is 2.80. The first-order valence-electron chi connectivity index (χ1n) is 6.31. The summed E-state index contributed by atoms with van der Waals surface area (Å²) in [5, 5.41) is 0. The Morgan fingerprint density at radius 2 is 2.28 bits per heavy atom. The van der Waals surface area contributed by atoms with Crippen LogP contribution in [0.25, 0.3) is 15.2 Å². The number of nitrogens with two attached hydrogens (primary N) is 1. The molecule has 92 valence electrons. The lowest BCUT2D eigenvalue weighted by Crippen LogP contribution is -2.19. The number of benzene rings is 1. The van der Waals surface area contributed by atoms with Crippen molar-refractivity contribution in [2.24, 2.45) is 5.73 Å². The summed E-state index contributed by atoms with van der Waals surface area (Å²) < 4.78 is 3.50. The van der Waals surface area contributed by atoms with E-state index in [0.29, 0.717) is 0 Å². The molecule has 1 saturated carbocycles. The van der Waals surface area contributed by atoms with Crippen LogP contribution in [-0.4, -0.2) is 15.9 Å². The lowest BCUT2D eigenvalue weighted by molar-refractivity contribution is 0.706. The average Bonchev–Trinajstić information content (AvgIpc) is 2.99. The predicted molar refractivity (Wildman–Crippen MR) is 75.3 cm³/mol. The first kappa shape index (κ1) is 10.5. The zero-order chi connectivity index (χ0) is 12.3. The Labute approximate surface area is 109 Å². The third-order valence-electron chi connectivity index (χ3n) is 4.07. The molecule has 1 aliphatic rings. The van der Waals surface area contributed by atoms with Gasteiger partial charge in [0.1, 0.15) is 0 Å². The molecule has 0 atom stereocenters. The SMILES string of the molecule is Cc1cn2c(n1)sc1cc(C3(CN)CC3)ccc12. The van der Waals surface area contributed by atoms with Crippen molar-refractivity contribution in [3.05, 3.63) is 35.7 Å². The second kappa shape index (κ2) is 3.33. The summed E-state index contributed by atoms with van der Waals surface area (Å²) in [4.78, 5) is 5.62. The molecule has 18 heavy (non-hydrogen) atoms. The highest BCUT2D eigenvalue weighted by Crippen LogP contribution is 2.48. The Kier molecular flexibility index (Phi) is 1.95. The van der Waals surface area contributed by atoms with Gasteiger partial charge in [-0.3, -0.25) is 4.40 Å². The van der Waals surface area contributed by atoms with E-state index < -0.39 is 0 Å². The molecule has 4 rings (SSSR count). The van der Waals surface area contributed by atoms with E-state index in [4.69, 9.17) is 5.73 Å². The highest BCUT2D eigenvalue weighted by molar-refractivity contribution is 7.23. The minimum atomic E-state index is 0.274. The number of fused-ring (bicyclic) bond motifs is 3. The first-order valence-corrected chi connectivity index (χ1v) is 7.12. The van der Waals surface area contributed by atoms with Gasteiger partial charge in [-0.2, -0.15) is 0 Å². The fraction of sp³-hybridized carbons (Fsp3) is 0.357. The van der Waals surface area contributed by atoms with Crippen LogP contribution in [0.3, 0.4) is 0 Å². The van der Waals surface area contributed by atoms with E-state index in [0.717, 1.165) is 17.2 Å². The fourth-order valence-corrected chi connectivity index (χ4v) is 3.80. The third-order valence-corrected chi connectivity index (χ3v) is 5.09. The Morgan fingerprint density at radius 1 is 1.44 bits per heavy atom. The lowest BCUT2D eigenvalue weighted by atomic mass is 9.96. The second-order valence-electron chi connectivity index (χ2n) is 5.30. The summed E-state index contributed by atoms with van der Waals surface area (Å²) >= 11 is 1.76. The van der Waals surface area contributed by atoms with Crippen LogP contribution in [0.5, 0.6) is 0 Å². The molecule has 0 saturated heterocycles. The zero-order valence-corrected chi connectivity index (χ0v) is 11.1. The Morgan fingerprint density at radius 3 is 3.00 bits per heavy atom. The van der Waals surface area contributed by atoms with Crippen molar-refractivity contribution in [2.75, 3.05) is 6.54 Å². The molecule has 2 heterocycles. The highest BCUT2D eigenvalue weighted by atomic mass is 32.1. The maximum atomic E-state index is 5.91. The molecule has 1 fully saturated rings. The molecule has 2 N–H and O–H groups in total. The van der Waals surface area contributed by atoms with Gasteiger partial charge in [-0.25, -0.2) is 4.98 Å². The molecule has 0 bridgehead atoms. The number of rotatable bonds is 2. The van der Waals surface area contributed by atoms with E-state index in [9.17, 15) is 0 Å². The van der Waals surface area contributed by atoms with Gasteiger partial charge in [-0.05, 0) is 37.5 Å². The smallest absolute Gasteiger partial charge is 0.194 e. The van der Waals surface area contributed by atoms with Gasteiger partial charge in [0.2, 0.25) is 0 Å². The minimum absolute atomic E-state index is 0.274.